The van der Waals surface area contributed by atoms with E-state index in [4.69, 9.17) is 9.72 Å². The third-order valence-corrected chi connectivity index (χ3v) is 4.42. The minimum Gasteiger partial charge on any atom is -0.460 e. The summed E-state index contributed by atoms with van der Waals surface area (Å²) in [6, 6.07) is 7.79. The summed E-state index contributed by atoms with van der Waals surface area (Å²) in [5.74, 6) is -0.310. The minimum absolute atomic E-state index is 0.0163. The number of nitrogens with zero attached hydrogens (tertiary/aromatic N) is 1. The predicted octanol–water partition coefficient (Wildman–Crippen LogP) is 4.42. The number of rotatable bonds is 4. The van der Waals surface area contributed by atoms with E-state index in [0.717, 1.165) is 53.4 Å². The SMILES string of the molecule is CC(C)(C)OC(=O)CCC(=O)c1c2c(nc3ccccc13)CCCC2. The lowest BCUT2D eigenvalue weighted by Crippen LogP contribution is -2.24. The van der Waals surface area contributed by atoms with Crippen LogP contribution in [0.2, 0.25) is 0 Å². The maximum absolute atomic E-state index is 13.0. The molecule has 0 saturated heterocycles. The number of ether oxygens (including phenoxy) is 1. The molecule has 1 aromatic heterocycles. The molecule has 2 aromatic rings. The van der Waals surface area contributed by atoms with E-state index >= 15 is 0 Å². The molecule has 132 valence electrons. The monoisotopic (exact) mass is 339 g/mol. The Labute approximate surface area is 148 Å². The first-order valence-corrected chi connectivity index (χ1v) is 9.01. The molecule has 0 spiro atoms. The molecule has 25 heavy (non-hydrogen) atoms. The largest absolute Gasteiger partial charge is 0.460 e. The molecule has 0 fully saturated rings. The molecule has 1 aromatic carbocycles. The van der Waals surface area contributed by atoms with Gasteiger partial charge in [-0.3, -0.25) is 14.6 Å². The van der Waals surface area contributed by atoms with Crippen molar-refractivity contribution in [2.24, 2.45) is 0 Å². The molecule has 4 nitrogen and oxygen atoms in total. The van der Waals surface area contributed by atoms with Crippen LogP contribution in [0, 0.1) is 0 Å². The van der Waals surface area contributed by atoms with Crippen LogP contribution in [-0.4, -0.2) is 22.3 Å². The average Bonchev–Trinajstić information content (AvgIpc) is 2.56. The van der Waals surface area contributed by atoms with Crippen LogP contribution in [0.3, 0.4) is 0 Å². The topological polar surface area (TPSA) is 56.3 Å². The summed E-state index contributed by atoms with van der Waals surface area (Å²) in [5.41, 5.74) is 3.24. The second-order valence-corrected chi connectivity index (χ2v) is 7.65. The summed E-state index contributed by atoms with van der Waals surface area (Å²) in [7, 11) is 0. The minimum atomic E-state index is -0.525. The van der Waals surface area contributed by atoms with Crippen LogP contribution in [0.25, 0.3) is 10.9 Å². The summed E-state index contributed by atoms with van der Waals surface area (Å²) >= 11 is 0. The van der Waals surface area contributed by atoms with E-state index in [1.54, 1.807) is 0 Å². The lowest BCUT2D eigenvalue weighted by Gasteiger charge is -2.21. The van der Waals surface area contributed by atoms with Gasteiger partial charge in [-0.15, -0.1) is 0 Å². The van der Waals surface area contributed by atoms with Gasteiger partial charge in [-0.1, -0.05) is 18.2 Å². The van der Waals surface area contributed by atoms with E-state index < -0.39 is 5.60 Å². The number of pyridine rings is 1. The van der Waals surface area contributed by atoms with Crippen molar-refractivity contribution in [3.63, 3.8) is 0 Å². The van der Waals surface area contributed by atoms with E-state index in [9.17, 15) is 9.59 Å². The smallest absolute Gasteiger partial charge is 0.306 e. The molecule has 0 N–H and O–H groups in total. The maximum atomic E-state index is 13.0. The number of ketones is 1. The zero-order valence-corrected chi connectivity index (χ0v) is 15.2. The van der Waals surface area contributed by atoms with Gasteiger partial charge in [-0.2, -0.15) is 0 Å². The normalized spacial score (nSPS) is 14.2. The van der Waals surface area contributed by atoms with Crippen LogP contribution in [0.5, 0.6) is 0 Å². The van der Waals surface area contributed by atoms with Crippen molar-refractivity contribution in [2.45, 2.75) is 64.9 Å². The van der Waals surface area contributed by atoms with Gasteiger partial charge < -0.3 is 4.74 Å². The number of Topliss-reactive ketones (excluding diaryl/α,β-unsaturated/α-hetero) is 1. The Hall–Kier alpha value is -2.23. The number of fused-ring (bicyclic) bond motifs is 2. The number of esters is 1. The second-order valence-electron chi connectivity index (χ2n) is 7.65. The summed E-state index contributed by atoms with van der Waals surface area (Å²) < 4.78 is 5.32. The van der Waals surface area contributed by atoms with Gasteiger partial charge in [-0.25, -0.2) is 0 Å². The van der Waals surface area contributed by atoms with Gasteiger partial charge in [-0.05, 0) is 58.1 Å². The Morgan fingerprint density at radius 3 is 2.56 bits per heavy atom. The molecule has 0 amide bonds. The molecule has 0 atom stereocenters. The molecule has 1 aliphatic rings. The van der Waals surface area contributed by atoms with Gasteiger partial charge in [0.25, 0.3) is 0 Å². The zero-order chi connectivity index (χ0) is 18.0. The van der Waals surface area contributed by atoms with Gasteiger partial charge >= 0.3 is 5.97 Å². The van der Waals surface area contributed by atoms with Crippen molar-refractivity contribution in [2.75, 3.05) is 0 Å². The van der Waals surface area contributed by atoms with E-state index in [1.165, 1.54) is 0 Å². The molecule has 1 aliphatic carbocycles. The highest BCUT2D eigenvalue weighted by atomic mass is 16.6. The van der Waals surface area contributed by atoms with Gasteiger partial charge in [0.15, 0.2) is 5.78 Å². The third-order valence-electron chi connectivity index (χ3n) is 4.42. The molecule has 0 aliphatic heterocycles. The summed E-state index contributed by atoms with van der Waals surface area (Å²) in [5, 5.41) is 0.900. The van der Waals surface area contributed by atoms with E-state index in [1.807, 2.05) is 45.0 Å². The predicted molar refractivity (Wildman–Crippen MR) is 97.8 cm³/mol. The number of hydrogen-bond acceptors (Lipinski definition) is 4. The van der Waals surface area contributed by atoms with Crippen LogP contribution in [0.15, 0.2) is 24.3 Å². The zero-order valence-electron chi connectivity index (χ0n) is 15.2. The van der Waals surface area contributed by atoms with Crippen LogP contribution < -0.4 is 0 Å². The Kier molecular flexibility index (Phi) is 4.89. The fraction of sp³-hybridized carbons (Fsp3) is 0.476. The molecule has 0 bridgehead atoms. The van der Waals surface area contributed by atoms with Crippen molar-refractivity contribution in [1.82, 2.24) is 4.98 Å². The third kappa shape index (κ3) is 4.06. The summed E-state index contributed by atoms with van der Waals surface area (Å²) in [4.78, 5) is 29.7. The van der Waals surface area contributed by atoms with Gasteiger partial charge in [0, 0.05) is 23.1 Å². The highest BCUT2D eigenvalue weighted by Crippen LogP contribution is 2.30. The molecular formula is C21H25NO3. The first kappa shape index (κ1) is 17.6. The maximum Gasteiger partial charge on any atom is 0.306 e. The standard InChI is InChI=1S/C21H25NO3/c1-21(2,3)25-19(24)13-12-18(23)20-14-8-4-6-10-16(14)22-17-11-7-5-9-15(17)20/h4,6,8,10H,5,7,9,11-13H2,1-3H3. The number of para-hydroxylation sites is 1. The first-order valence-electron chi connectivity index (χ1n) is 9.01. The fourth-order valence-electron chi connectivity index (χ4n) is 3.42. The lowest BCUT2D eigenvalue weighted by molar-refractivity contribution is -0.154. The van der Waals surface area contributed by atoms with Crippen LogP contribution in [0.1, 0.15) is 68.1 Å². The van der Waals surface area contributed by atoms with Crippen molar-refractivity contribution in [1.29, 1.82) is 0 Å². The highest BCUT2D eigenvalue weighted by molar-refractivity contribution is 6.09. The van der Waals surface area contributed by atoms with Crippen LogP contribution in [0.4, 0.5) is 0 Å². The number of carbonyl (C=O) groups is 2. The summed E-state index contributed by atoms with van der Waals surface area (Å²) in [6.45, 7) is 5.50. The summed E-state index contributed by atoms with van der Waals surface area (Å²) in [6.07, 6.45) is 4.30. The van der Waals surface area contributed by atoms with E-state index in [-0.39, 0.29) is 24.6 Å². The number of aromatic nitrogens is 1. The van der Waals surface area contributed by atoms with Crippen LogP contribution >= 0.6 is 0 Å². The number of carbonyl (C=O) groups excluding carboxylic acids is 2. The van der Waals surface area contributed by atoms with Crippen LogP contribution in [-0.2, 0) is 22.4 Å². The second kappa shape index (κ2) is 6.95. The Bertz CT molecular complexity index is 818. The van der Waals surface area contributed by atoms with Crippen molar-refractivity contribution in [3.05, 3.63) is 41.1 Å². The highest BCUT2D eigenvalue weighted by Gasteiger charge is 2.23. The van der Waals surface area contributed by atoms with Crippen molar-refractivity contribution < 1.29 is 14.3 Å². The average molecular weight is 339 g/mol. The molecule has 0 saturated carbocycles. The number of benzene rings is 1. The Balaban J connectivity index is 1.89. The Morgan fingerprint density at radius 2 is 1.80 bits per heavy atom. The van der Waals surface area contributed by atoms with E-state index in [0.29, 0.717) is 0 Å². The first-order chi connectivity index (χ1) is 11.8. The van der Waals surface area contributed by atoms with Crippen molar-refractivity contribution >= 4 is 22.7 Å². The van der Waals surface area contributed by atoms with Gasteiger partial charge in [0.1, 0.15) is 5.60 Å². The lowest BCUT2D eigenvalue weighted by atomic mass is 9.87. The van der Waals surface area contributed by atoms with E-state index in [2.05, 4.69) is 0 Å². The molecule has 1 heterocycles. The number of aryl methyl sites for hydroxylation is 1. The Morgan fingerprint density at radius 1 is 1.08 bits per heavy atom. The van der Waals surface area contributed by atoms with Gasteiger partial charge in [0.05, 0.1) is 11.9 Å². The fourth-order valence-corrected chi connectivity index (χ4v) is 3.42. The molecule has 0 radical (unpaired) electrons. The molecular weight excluding hydrogens is 314 g/mol. The molecule has 4 heteroatoms. The molecule has 0 unspecified atom stereocenters. The molecule has 3 rings (SSSR count). The van der Waals surface area contributed by atoms with Gasteiger partial charge in [0.2, 0.25) is 0 Å². The quantitative estimate of drug-likeness (QED) is 0.611. The number of hydrogen-bond donors (Lipinski definition) is 0. The van der Waals surface area contributed by atoms with Crippen molar-refractivity contribution in [3.8, 4) is 0 Å².